The van der Waals surface area contributed by atoms with E-state index < -0.39 is 18.1 Å². The molecule has 0 bridgehead atoms. The number of benzene rings is 2. The van der Waals surface area contributed by atoms with E-state index in [9.17, 15) is 23.1 Å². The highest BCUT2D eigenvalue weighted by Crippen LogP contribution is 2.38. The highest BCUT2D eigenvalue weighted by Gasteiger charge is 2.41. The molecule has 0 fully saturated rings. The fraction of sp³-hybridized carbons (Fsp3) is 0.211. The monoisotopic (exact) mass is 437 g/mol. The largest absolute Gasteiger partial charge is 0.505 e. The number of halogens is 3. The molecule has 3 aromatic rings. The Balaban J connectivity index is 1.89. The van der Waals surface area contributed by atoms with Gasteiger partial charge in [-0.05, 0) is 17.7 Å². The Morgan fingerprint density at radius 3 is 2.37 bits per heavy atom. The highest BCUT2D eigenvalue weighted by atomic mass is 32.1. The van der Waals surface area contributed by atoms with Gasteiger partial charge < -0.3 is 20.6 Å². The van der Waals surface area contributed by atoms with Crippen LogP contribution in [0.15, 0.2) is 48.5 Å². The first-order chi connectivity index (χ1) is 14.2. The predicted molar refractivity (Wildman–Crippen MR) is 108 cm³/mol. The Labute approximate surface area is 174 Å². The molecule has 7 nitrogen and oxygen atoms in total. The first-order valence-corrected chi connectivity index (χ1v) is 9.43. The van der Waals surface area contributed by atoms with E-state index in [1.165, 1.54) is 61.5 Å². The fourth-order valence-corrected chi connectivity index (χ4v) is 3.16. The molecular weight excluding hydrogens is 419 g/mol. The Kier molecular flexibility index (Phi) is 6.11. The summed E-state index contributed by atoms with van der Waals surface area (Å²) in [6.45, 7) is 0. The van der Waals surface area contributed by atoms with Crippen molar-refractivity contribution in [3.8, 4) is 5.75 Å². The molecule has 3 rings (SSSR count). The summed E-state index contributed by atoms with van der Waals surface area (Å²) in [6, 6.07) is 9.82. The second kappa shape index (κ2) is 8.57. The molecule has 1 aromatic heterocycles. The molecule has 1 unspecified atom stereocenters. The fourth-order valence-electron chi connectivity index (χ4n) is 2.69. The van der Waals surface area contributed by atoms with Gasteiger partial charge in [0.05, 0.1) is 23.0 Å². The average Bonchev–Trinajstić information content (AvgIpc) is 3.13. The van der Waals surface area contributed by atoms with Gasteiger partial charge in [0.2, 0.25) is 0 Å². The maximum absolute atomic E-state index is 13.6. The van der Waals surface area contributed by atoms with E-state index in [0.29, 0.717) is 11.7 Å². The maximum Gasteiger partial charge on any atom is 0.412 e. The van der Waals surface area contributed by atoms with Crippen molar-refractivity contribution < 1.29 is 23.1 Å². The van der Waals surface area contributed by atoms with Crippen molar-refractivity contribution in [1.82, 2.24) is 13.6 Å². The summed E-state index contributed by atoms with van der Waals surface area (Å²) in [4.78, 5) is 13.5. The third-order valence-corrected chi connectivity index (χ3v) is 4.68. The van der Waals surface area contributed by atoms with Crippen molar-refractivity contribution in [2.45, 2.75) is 12.2 Å². The van der Waals surface area contributed by atoms with Gasteiger partial charge in [0.25, 0.3) is 5.91 Å². The number of phenolic OH excluding ortho intramolecular Hbond substituents is 1. The van der Waals surface area contributed by atoms with E-state index in [1.807, 2.05) is 0 Å². The van der Waals surface area contributed by atoms with Crippen LogP contribution in [0.5, 0.6) is 5.75 Å². The Morgan fingerprint density at radius 2 is 1.73 bits per heavy atom. The second-order valence-corrected chi connectivity index (χ2v) is 7.05. The van der Waals surface area contributed by atoms with Crippen LogP contribution < -0.4 is 10.6 Å². The summed E-state index contributed by atoms with van der Waals surface area (Å²) in [5.74, 6) is -0.900. The number of rotatable bonds is 6. The number of carbonyl (C=O) groups is 1. The van der Waals surface area contributed by atoms with Crippen molar-refractivity contribution in [2.75, 3.05) is 24.7 Å². The lowest BCUT2D eigenvalue weighted by atomic mass is 10.1. The van der Waals surface area contributed by atoms with Crippen molar-refractivity contribution in [3.63, 3.8) is 0 Å². The van der Waals surface area contributed by atoms with Gasteiger partial charge in [0.15, 0.2) is 17.4 Å². The van der Waals surface area contributed by atoms with Gasteiger partial charge >= 0.3 is 6.18 Å². The third-order valence-electron chi connectivity index (χ3n) is 4.16. The molecule has 11 heteroatoms. The van der Waals surface area contributed by atoms with Crippen LogP contribution in [0.3, 0.4) is 0 Å². The normalized spacial score (nSPS) is 12.3. The van der Waals surface area contributed by atoms with Gasteiger partial charge in [0, 0.05) is 14.1 Å². The third kappa shape index (κ3) is 4.62. The van der Waals surface area contributed by atoms with E-state index in [2.05, 4.69) is 19.4 Å². The van der Waals surface area contributed by atoms with Crippen molar-refractivity contribution in [3.05, 3.63) is 59.7 Å². The molecule has 0 radical (unpaired) electrons. The number of aromatic nitrogens is 2. The molecule has 1 heterocycles. The Morgan fingerprint density at radius 1 is 1.07 bits per heavy atom. The van der Waals surface area contributed by atoms with Crippen LogP contribution in [-0.4, -0.2) is 44.9 Å². The lowest BCUT2D eigenvalue weighted by Gasteiger charge is -2.22. The number of amides is 1. The number of nitrogens with zero attached hydrogens (tertiary/aromatic N) is 3. The van der Waals surface area contributed by atoms with Gasteiger partial charge in [-0.2, -0.15) is 21.9 Å². The Hall–Kier alpha value is -3.34. The van der Waals surface area contributed by atoms with E-state index in [4.69, 9.17) is 0 Å². The van der Waals surface area contributed by atoms with Crippen molar-refractivity contribution in [1.29, 1.82) is 0 Å². The molecule has 158 valence electrons. The van der Waals surface area contributed by atoms with E-state index in [-0.39, 0.29) is 34.2 Å². The van der Waals surface area contributed by atoms with Crippen LogP contribution >= 0.6 is 11.7 Å². The van der Waals surface area contributed by atoms with Gasteiger partial charge in [-0.15, -0.1) is 0 Å². The van der Waals surface area contributed by atoms with Crippen molar-refractivity contribution in [2.24, 2.45) is 0 Å². The molecule has 30 heavy (non-hydrogen) atoms. The van der Waals surface area contributed by atoms with Crippen LogP contribution in [-0.2, 0) is 0 Å². The van der Waals surface area contributed by atoms with E-state index >= 15 is 0 Å². The van der Waals surface area contributed by atoms with Crippen LogP contribution in [0.1, 0.15) is 22.0 Å². The molecule has 0 aliphatic rings. The smallest absolute Gasteiger partial charge is 0.412 e. The molecule has 0 aliphatic heterocycles. The van der Waals surface area contributed by atoms with Crippen LogP contribution in [0, 0.1) is 0 Å². The Bertz CT molecular complexity index is 1020. The zero-order valence-electron chi connectivity index (χ0n) is 15.9. The number of hydrogen-bond acceptors (Lipinski definition) is 7. The lowest BCUT2D eigenvalue weighted by Crippen LogP contribution is -2.28. The molecule has 0 aliphatic carbocycles. The number of phenols is 1. The minimum atomic E-state index is -4.58. The number of nitrogens with one attached hydrogen (secondary N) is 2. The van der Waals surface area contributed by atoms with E-state index in [1.54, 1.807) is 6.07 Å². The van der Waals surface area contributed by atoms with Crippen LogP contribution in [0.4, 0.5) is 30.5 Å². The number of alkyl halides is 3. The second-order valence-electron chi connectivity index (χ2n) is 6.52. The molecule has 2 aromatic carbocycles. The number of para-hydroxylation sites is 1. The number of anilines is 3. The summed E-state index contributed by atoms with van der Waals surface area (Å²) in [5, 5.41) is 15.6. The van der Waals surface area contributed by atoms with Gasteiger partial charge in [-0.25, -0.2) is 0 Å². The first-order valence-electron chi connectivity index (χ1n) is 8.70. The van der Waals surface area contributed by atoms with Crippen molar-refractivity contribution >= 4 is 35.0 Å². The average molecular weight is 437 g/mol. The zero-order valence-corrected chi connectivity index (χ0v) is 16.8. The van der Waals surface area contributed by atoms with Crippen LogP contribution in [0.2, 0.25) is 0 Å². The molecule has 1 atom stereocenters. The molecule has 0 saturated carbocycles. The summed E-state index contributed by atoms with van der Waals surface area (Å²) >= 11 is 0.705. The van der Waals surface area contributed by atoms with Gasteiger partial charge in [0.1, 0.15) is 6.04 Å². The topological polar surface area (TPSA) is 90.4 Å². The predicted octanol–water partition coefficient (Wildman–Crippen LogP) is 4.40. The lowest BCUT2D eigenvalue weighted by molar-refractivity contribution is -0.144. The molecule has 0 saturated heterocycles. The van der Waals surface area contributed by atoms with Gasteiger partial charge in [-0.3, -0.25) is 4.79 Å². The number of aromatic hydroxyl groups is 1. The molecular formula is C19H18F3N5O2S. The van der Waals surface area contributed by atoms with Crippen LogP contribution in [0.25, 0.3) is 0 Å². The summed E-state index contributed by atoms with van der Waals surface area (Å²) < 4.78 is 48.8. The molecule has 0 spiro atoms. The van der Waals surface area contributed by atoms with E-state index in [0.717, 1.165) is 0 Å². The minimum absolute atomic E-state index is 0.00469. The number of hydrogen-bond donors (Lipinski definition) is 3. The maximum atomic E-state index is 13.6. The summed E-state index contributed by atoms with van der Waals surface area (Å²) in [5.41, 5.74) is 0.173. The standard InChI is InChI=1S/C19H18F3N5O2S/c1-27(2)18(29)12-9-6-10-13(14(12)28)23-16-17(26-30-25-16)24-15(19(20,21)22)11-7-4-3-5-8-11/h3-10,15,28H,1-2H3,(H,23,25)(H,24,26). The summed E-state index contributed by atoms with van der Waals surface area (Å²) in [7, 11) is 3.07. The first kappa shape index (κ1) is 21.4. The zero-order chi connectivity index (χ0) is 21.9. The minimum Gasteiger partial charge on any atom is -0.505 e. The number of carbonyl (C=O) groups excluding carboxylic acids is 1. The summed E-state index contributed by atoms with van der Waals surface area (Å²) in [6.07, 6.45) is -4.58. The highest BCUT2D eigenvalue weighted by molar-refractivity contribution is 6.99. The molecule has 3 N–H and O–H groups in total. The SMILES string of the molecule is CN(C)C(=O)c1cccc(Nc2nsnc2NC(c2ccccc2)C(F)(F)F)c1O. The quantitative estimate of drug-likeness (QED) is 0.495. The molecule has 1 amide bonds. The van der Waals surface area contributed by atoms with Gasteiger partial charge in [-0.1, -0.05) is 36.4 Å².